The Morgan fingerprint density at radius 3 is 2.44 bits per heavy atom. The van der Waals surface area contributed by atoms with E-state index < -0.39 is 43.5 Å². The first-order valence-corrected chi connectivity index (χ1v) is 9.17. The number of carbonyl (C=O) groups excluding carboxylic acids is 2. The molecule has 2 rings (SSSR count). The van der Waals surface area contributed by atoms with Gasteiger partial charge in [-0.15, -0.1) is 0 Å². The minimum Gasteiger partial charge on any atom is -0.306 e. The van der Waals surface area contributed by atoms with Crippen LogP contribution in [0.3, 0.4) is 0 Å². The number of nitrogens with one attached hydrogen (secondary N) is 2. The summed E-state index contributed by atoms with van der Waals surface area (Å²) in [7, 11) is -3.60. The quantitative estimate of drug-likeness (QED) is 0.763. The molecule has 0 saturated heterocycles. The number of rotatable bonds is 3. The molecular weight excluding hydrogens is 396 g/mol. The monoisotopic (exact) mass is 405 g/mol. The number of imide groups is 1. The summed E-state index contributed by atoms with van der Waals surface area (Å²) >= 11 is 11.1. The molecule has 25 heavy (non-hydrogen) atoms. The highest BCUT2D eigenvalue weighted by atomic mass is 35.5. The van der Waals surface area contributed by atoms with E-state index in [1.54, 1.807) is 0 Å². The zero-order valence-electron chi connectivity index (χ0n) is 12.5. The van der Waals surface area contributed by atoms with Gasteiger partial charge in [0, 0.05) is 6.26 Å². The Balaban J connectivity index is 2.19. The van der Waals surface area contributed by atoms with Gasteiger partial charge in [-0.3, -0.25) is 10.1 Å². The molecule has 2 N–H and O–H groups in total. The molecule has 1 aromatic carbocycles. The molecule has 0 aliphatic rings. The Labute approximate surface area is 152 Å². The van der Waals surface area contributed by atoms with Crippen molar-refractivity contribution in [3.8, 4) is 0 Å². The second-order valence-corrected chi connectivity index (χ2v) is 7.48. The number of anilines is 1. The number of nitrogens with zero attached hydrogens (tertiary/aromatic N) is 1. The molecule has 0 aliphatic carbocycles. The van der Waals surface area contributed by atoms with Crippen LogP contribution in [0.1, 0.15) is 10.4 Å². The molecule has 0 fully saturated rings. The number of aromatic nitrogens is 1. The smallest absolute Gasteiger partial charge is 0.306 e. The lowest BCUT2D eigenvalue weighted by molar-refractivity contribution is 0.0966. The van der Waals surface area contributed by atoms with Crippen LogP contribution in [0.5, 0.6) is 0 Å². The summed E-state index contributed by atoms with van der Waals surface area (Å²) in [5.74, 6) is -2.03. The molecule has 0 bridgehead atoms. The number of amides is 3. The van der Waals surface area contributed by atoms with E-state index in [1.807, 2.05) is 5.32 Å². The van der Waals surface area contributed by atoms with Crippen LogP contribution in [-0.4, -0.2) is 31.6 Å². The van der Waals surface area contributed by atoms with Crippen molar-refractivity contribution in [3.63, 3.8) is 0 Å². The van der Waals surface area contributed by atoms with Crippen molar-refractivity contribution in [2.24, 2.45) is 0 Å². The van der Waals surface area contributed by atoms with Gasteiger partial charge in [0.2, 0.25) is 0 Å². The van der Waals surface area contributed by atoms with Crippen molar-refractivity contribution in [1.29, 1.82) is 0 Å². The number of urea groups is 1. The Kier molecular flexibility index (Phi) is 5.61. The Morgan fingerprint density at radius 2 is 1.80 bits per heavy atom. The van der Waals surface area contributed by atoms with E-state index in [0.717, 1.165) is 12.3 Å². The van der Waals surface area contributed by atoms with E-state index in [9.17, 15) is 22.4 Å². The Bertz CT molecular complexity index is 967. The van der Waals surface area contributed by atoms with E-state index in [1.165, 1.54) is 24.3 Å². The molecule has 1 aromatic heterocycles. The van der Waals surface area contributed by atoms with Crippen LogP contribution in [0.4, 0.5) is 14.9 Å². The first-order chi connectivity index (χ1) is 11.6. The van der Waals surface area contributed by atoms with Crippen LogP contribution >= 0.6 is 23.2 Å². The average molecular weight is 406 g/mol. The molecule has 0 aliphatic heterocycles. The molecule has 7 nitrogen and oxygen atoms in total. The highest BCUT2D eigenvalue weighted by Crippen LogP contribution is 2.21. The largest absolute Gasteiger partial charge is 0.326 e. The average Bonchev–Trinajstić information content (AvgIpc) is 2.50. The number of hydrogen-bond donors (Lipinski definition) is 2. The lowest BCUT2D eigenvalue weighted by Crippen LogP contribution is -2.35. The molecule has 0 saturated carbocycles. The van der Waals surface area contributed by atoms with Crippen LogP contribution in [-0.2, 0) is 9.84 Å². The molecule has 3 amide bonds. The number of halogens is 3. The van der Waals surface area contributed by atoms with Gasteiger partial charge in [-0.05, 0) is 18.2 Å². The number of para-hydroxylation sites is 1. The number of sulfone groups is 1. The number of carbonyl (C=O) groups is 2. The molecule has 11 heteroatoms. The van der Waals surface area contributed by atoms with Gasteiger partial charge in [0.1, 0.15) is 5.15 Å². The third-order valence-electron chi connectivity index (χ3n) is 2.89. The standard InChI is InChI=1S/C14H10Cl2FN3O4S/c1-25(23,24)10-5-3-2-4-9(10)18-14(22)20-13(21)7-6-8(17)12(16)19-11(7)15/h2-6H,1H3,(H2,18,20,21,22). The third-order valence-corrected chi connectivity index (χ3v) is 4.60. The second kappa shape index (κ2) is 7.34. The summed E-state index contributed by atoms with van der Waals surface area (Å²) in [6.45, 7) is 0. The first kappa shape index (κ1) is 19.1. The van der Waals surface area contributed by atoms with E-state index >= 15 is 0 Å². The van der Waals surface area contributed by atoms with Gasteiger partial charge in [0.25, 0.3) is 5.91 Å². The van der Waals surface area contributed by atoms with Gasteiger partial charge in [0.05, 0.1) is 16.1 Å². The lowest BCUT2D eigenvalue weighted by atomic mass is 10.2. The van der Waals surface area contributed by atoms with E-state index in [2.05, 4.69) is 10.3 Å². The van der Waals surface area contributed by atoms with Crippen LogP contribution in [0, 0.1) is 5.82 Å². The molecule has 0 unspecified atom stereocenters. The SMILES string of the molecule is CS(=O)(=O)c1ccccc1NC(=O)NC(=O)c1cc(F)c(Cl)nc1Cl. The molecule has 1 heterocycles. The Morgan fingerprint density at radius 1 is 1.16 bits per heavy atom. The molecule has 0 spiro atoms. The Hall–Kier alpha value is -2.23. The minimum atomic E-state index is -3.60. The van der Waals surface area contributed by atoms with Crippen LogP contribution in [0.25, 0.3) is 0 Å². The molecule has 2 aromatic rings. The summed E-state index contributed by atoms with van der Waals surface area (Å²) in [5, 5.41) is 3.21. The predicted octanol–water partition coefficient (Wildman–Crippen LogP) is 2.89. The summed E-state index contributed by atoms with van der Waals surface area (Å²) in [5.41, 5.74) is -0.433. The zero-order valence-corrected chi connectivity index (χ0v) is 14.8. The highest BCUT2D eigenvalue weighted by Gasteiger charge is 2.19. The van der Waals surface area contributed by atoms with Gasteiger partial charge >= 0.3 is 6.03 Å². The summed E-state index contributed by atoms with van der Waals surface area (Å²) < 4.78 is 36.7. The van der Waals surface area contributed by atoms with Gasteiger partial charge in [-0.25, -0.2) is 22.6 Å². The van der Waals surface area contributed by atoms with Crippen molar-refractivity contribution < 1.29 is 22.4 Å². The normalized spacial score (nSPS) is 11.0. The number of benzene rings is 1. The maximum atomic E-state index is 13.4. The number of pyridine rings is 1. The maximum absolute atomic E-state index is 13.4. The lowest BCUT2D eigenvalue weighted by Gasteiger charge is -2.10. The molecule has 132 valence electrons. The van der Waals surface area contributed by atoms with E-state index in [4.69, 9.17) is 23.2 Å². The van der Waals surface area contributed by atoms with Crippen molar-refractivity contribution in [2.45, 2.75) is 4.90 Å². The fourth-order valence-electron chi connectivity index (χ4n) is 1.82. The zero-order chi connectivity index (χ0) is 18.8. The maximum Gasteiger partial charge on any atom is 0.326 e. The first-order valence-electron chi connectivity index (χ1n) is 6.52. The van der Waals surface area contributed by atoms with Crippen LogP contribution in [0.15, 0.2) is 35.2 Å². The molecule has 0 atom stereocenters. The van der Waals surface area contributed by atoms with E-state index in [0.29, 0.717) is 0 Å². The third kappa shape index (κ3) is 4.65. The van der Waals surface area contributed by atoms with Crippen molar-refractivity contribution >= 4 is 50.7 Å². The van der Waals surface area contributed by atoms with Crippen molar-refractivity contribution in [3.05, 3.63) is 52.0 Å². The topological polar surface area (TPSA) is 105 Å². The summed E-state index contributed by atoms with van der Waals surface area (Å²) in [4.78, 5) is 27.2. The van der Waals surface area contributed by atoms with Gasteiger partial charge in [-0.2, -0.15) is 0 Å². The van der Waals surface area contributed by atoms with E-state index in [-0.39, 0.29) is 10.6 Å². The van der Waals surface area contributed by atoms with Gasteiger partial charge < -0.3 is 5.32 Å². The van der Waals surface area contributed by atoms with Gasteiger partial charge in [-0.1, -0.05) is 35.3 Å². The number of hydrogen-bond acceptors (Lipinski definition) is 5. The minimum absolute atomic E-state index is 0.0261. The van der Waals surface area contributed by atoms with Crippen LogP contribution < -0.4 is 10.6 Å². The second-order valence-electron chi connectivity index (χ2n) is 4.78. The fraction of sp³-hybridized carbons (Fsp3) is 0.0714. The van der Waals surface area contributed by atoms with Crippen molar-refractivity contribution in [2.75, 3.05) is 11.6 Å². The fourth-order valence-corrected chi connectivity index (χ4v) is 3.07. The van der Waals surface area contributed by atoms with Crippen molar-refractivity contribution in [1.82, 2.24) is 10.3 Å². The summed E-state index contributed by atoms with van der Waals surface area (Å²) in [6, 6.07) is 5.31. The molecular formula is C14H10Cl2FN3O4S. The molecule has 0 radical (unpaired) electrons. The summed E-state index contributed by atoms with van der Waals surface area (Å²) in [6.07, 6.45) is 0.971. The van der Waals surface area contributed by atoms with Gasteiger partial charge in [0.15, 0.2) is 20.8 Å². The predicted molar refractivity (Wildman–Crippen MR) is 90.3 cm³/mol. The van der Waals surface area contributed by atoms with Crippen LogP contribution in [0.2, 0.25) is 10.3 Å². The highest BCUT2D eigenvalue weighted by molar-refractivity contribution is 7.90.